The second-order valence-electron chi connectivity index (χ2n) is 0.787. The van der Waals surface area contributed by atoms with Crippen molar-refractivity contribution in [3.8, 4) is 0 Å². The fourth-order valence-electron chi connectivity index (χ4n) is 0.0711. The zero-order valence-corrected chi connectivity index (χ0v) is 4.10. The van der Waals surface area contributed by atoms with Gasteiger partial charge in [-0.2, -0.15) is 0 Å². The number of carbonyl (C=O) groups excluding carboxylic acids is 1. The molecule has 0 saturated carbocycles. The second kappa shape index (κ2) is 2.79. The lowest BCUT2D eigenvalue weighted by atomic mass is 10.8. The lowest BCUT2D eigenvalue weighted by Crippen LogP contribution is -2.11. The lowest BCUT2D eigenvalue weighted by molar-refractivity contribution is -0.115. The molecule has 0 heterocycles. The molecule has 0 fully saturated rings. The average Bonchev–Trinajstić information content (AvgIpc) is 1.35. The summed E-state index contributed by atoms with van der Waals surface area (Å²) in [5, 5.41) is 0. The number of primary amides is 1. The van der Waals surface area contributed by atoms with Gasteiger partial charge in [0.25, 0.3) is 5.91 Å². The molecular formula is C2H5NO2P+. The van der Waals surface area contributed by atoms with Crippen molar-refractivity contribution in [2.75, 3.05) is 6.16 Å². The van der Waals surface area contributed by atoms with Crippen LogP contribution >= 0.6 is 8.46 Å². The van der Waals surface area contributed by atoms with Gasteiger partial charge in [0.05, 0.1) is 0 Å². The van der Waals surface area contributed by atoms with E-state index in [1.54, 1.807) is 0 Å². The summed E-state index contributed by atoms with van der Waals surface area (Å²) in [5.74, 6) is -0.511. The molecule has 1 unspecified atom stereocenters. The first-order valence-corrected chi connectivity index (χ1v) is 2.52. The van der Waals surface area contributed by atoms with Crippen LogP contribution in [-0.2, 0) is 9.36 Å². The Hall–Kier alpha value is -0.430. The minimum Gasteiger partial charge on any atom is -0.366 e. The molecule has 0 aliphatic heterocycles. The zero-order valence-electron chi connectivity index (χ0n) is 3.10. The number of carbonyl (C=O) groups is 1. The van der Waals surface area contributed by atoms with Crippen LogP contribution in [-0.4, -0.2) is 12.1 Å². The molecule has 4 heteroatoms. The maximum atomic E-state index is 9.63. The number of hydrogen-bond donors (Lipinski definition) is 1. The smallest absolute Gasteiger partial charge is 0.334 e. The van der Waals surface area contributed by atoms with Crippen molar-refractivity contribution in [1.29, 1.82) is 0 Å². The molecule has 0 aromatic carbocycles. The molecule has 34 valence electrons. The van der Waals surface area contributed by atoms with Crippen molar-refractivity contribution in [3.63, 3.8) is 0 Å². The highest BCUT2D eigenvalue weighted by molar-refractivity contribution is 7.25. The van der Waals surface area contributed by atoms with Crippen LogP contribution in [0, 0.1) is 0 Å². The minimum absolute atomic E-state index is 0.0139. The first-order chi connectivity index (χ1) is 2.77. The van der Waals surface area contributed by atoms with Crippen molar-refractivity contribution in [2.24, 2.45) is 5.73 Å². The van der Waals surface area contributed by atoms with E-state index < -0.39 is 14.4 Å². The van der Waals surface area contributed by atoms with Gasteiger partial charge in [-0.25, -0.2) is 0 Å². The monoisotopic (exact) mass is 106 g/mol. The van der Waals surface area contributed by atoms with E-state index in [0.717, 1.165) is 0 Å². The van der Waals surface area contributed by atoms with Gasteiger partial charge in [0, 0.05) is 0 Å². The summed E-state index contributed by atoms with van der Waals surface area (Å²) < 4.78 is 9.47. The van der Waals surface area contributed by atoms with Crippen LogP contribution in [0.2, 0.25) is 0 Å². The lowest BCUT2D eigenvalue weighted by Gasteiger charge is -1.65. The molecule has 0 aromatic rings. The fraction of sp³-hybridized carbons (Fsp3) is 0.500. The molecule has 0 bridgehead atoms. The standard InChI is InChI=1S/C2H4NO2P/c3-2(4)1-6-5/h1H2,(H2,3,4)/p+1. The summed E-state index contributed by atoms with van der Waals surface area (Å²) in [4.78, 5) is 9.63. The SMILES string of the molecule is NC(=O)C[PH+]=O. The van der Waals surface area contributed by atoms with Gasteiger partial charge in [0.15, 0.2) is 0 Å². The molecule has 0 aromatic heterocycles. The highest BCUT2D eigenvalue weighted by Crippen LogP contribution is 1.84. The molecule has 2 N–H and O–H groups in total. The summed E-state index contributed by atoms with van der Waals surface area (Å²) in [6.45, 7) is 0. The van der Waals surface area contributed by atoms with Gasteiger partial charge in [-0.1, -0.05) is 4.57 Å². The summed E-state index contributed by atoms with van der Waals surface area (Å²) in [5.41, 5.74) is 4.57. The molecule has 0 rings (SSSR count). The van der Waals surface area contributed by atoms with Gasteiger partial charge in [0.2, 0.25) is 6.16 Å². The van der Waals surface area contributed by atoms with Crippen LogP contribution in [0.5, 0.6) is 0 Å². The summed E-state index contributed by atoms with van der Waals surface area (Å²) in [6.07, 6.45) is -0.0139. The second-order valence-corrected chi connectivity index (χ2v) is 1.43. The van der Waals surface area contributed by atoms with Gasteiger partial charge in [0.1, 0.15) is 0 Å². The molecule has 0 aliphatic rings. The van der Waals surface area contributed by atoms with Gasteiger partial charge >= 0.3 is 8.46 Å². The Morgan fingerprint density at radius 2 is 2.33 bits per heavy atom. The van der Waals surface area contributed by atoms with E-state index in [1.807, 2.05) is 0 Å². The first-order valence-electron chi connectivity index (χ1n) is 1.40. The number of amides is 1. The summed E-state index contributed by atoms with van der Waals surface area (Å²) in [7, 11) is -0.586. The average molecular weight is 106 g/mol. The predicted octanol–water partition coefficient (Wildman–Crippen LogP) is -0.504. The highest BCUT2D eigenvalue weighted by atomic mass is 31.1. The maximum absolute atomic E-state index is 9.63. The summed E-state index contributed by atoms with van der Waals surface area (Å²) in [6, 6.07) is 0. The van der Waals surface area contributed by atoms with Crippen LogP contribution in [0.25, 0.3) is 0 Å². The first kappa shape index (κ1) is 5.57. The van der Waals surface area contributed by atoms with Crippen molar-refractivity contribution >= 4 is 14.4 Å². The van der Waals surface area contributed by atoms with Gasteiger partial charge in [-0.3, -0.25) is 4.79 Å². The van der Waals surface area contributed by atoms with E-state index in [0.29, 0.717) is 0 Å². The molecule has 0 spiro atoms. The third-order valence-electron chi connectivity index (χ3n) is 0.246. The van der Waals surface area contributed by atoms with E-state index in [1.165, 1.54) is 0 Å². The molecule has 0 radical (unpaired) electrons. The van der Waals surface area contributed by atoms with E-state index in [-0.39, 0.29) is 6.16 Å². The molecule has 1 atom stereocenters. The van der Waals surface area contributed by atoms with Crippen LogP contribution in [0.1, 0.15) is 0 Å². The van der Waals surface area contributed by atoms with E-state index >= 15 is 0 Å². The van der Waals surface area contributed by atoms with Gasteiger partial charge in [-0.15, -0.1) is 0 Å². The normalized spacial score (nSPS) is 8.67. The largest absolute Gasteiger partial charge is 0.366 e. The van der Waals surface area contributed by atoms with Crippen LogP contribution in [0.15, 0.2) is 0 Å². The van der Waals surface area contributed by atoms with E-state index in [9.17, 15) is 9.36 Å². The Labute approximate surface area is 36.7 Å². The van der Waals surface area contributed by atoms with Crippen molar-refractivity contribution in [3.05, 3.63) is 0 Å². The number of hydrogen-bond acceptors (Lipinski definition) is 2. The van der Waals surface area contributed by atoms with Gasteiger partial charge in [-0.05, 0) is 0 Å². The molecule has 1 amide bonds. The van der Waals surface area contributed by atoms with Crippen molar-refractivity contribution < 1.29 is 9.36 Å². The Balaban J connectivity index is 3.05. The van der Waals surface area contributed by atoms with Crippen molar-refractivity contribution in [1.82, 2.24) is 0 Å². The highest BCUT2D eigenvalue weighted by Gasteiger charge is 1.94. The molecule has 0 aliphatic carbocycles. The molecular weight excluding hydrogens is 101 g/mol. The maximum Gasteiger partial charge on any atom is 0.334 e. The Morgan fingerprint density at radius 1 is 1.83 bits per heavy atom. The van der Waals surface area contributed by atoms with Crippen LogP contribution in [0.4, 0.5) is 0 Å². The van der Waals surface area contributed by atoms with Crippen LogP contribution in [0.3, 0.4) is 0 Å². The van der Waals surface area contributed by atoms with Gasteiger partial charge < -0.3 is 5.73 Å². The fourth-order valence-corrected chi connectivity index (χ4v) is 0.213. The third kappa shape index (κ3) is 3.57. The van der Waals surface area contributed by atoms with Crippen LogP contribution < -0.4 is 5.73 Å². The Morgan fingerprint density at radius 3 is 2.33 bits per heavy atom. The Kier molecular flexibility index (Phi) is 2.59. The predicted molar refractivity (Wildman–Crippen MR) is 23.1 cm³/mol. The Bertz CT molecular complexity index is 71.9. The number of rotatable bonds is 2. The molecule has 0 saturated heterocycles. The summed E-state index contributed by atoms with van der Waals surface area (Å²) >= 11 is 0. The zero-order chi connectivity index (χ0) is 4.99. The number of nitrogens with two attached hydrogens (primary N) is 1. The minimum atomic E-state index is -0.586. The van der Waals surface area contributed by atoms with E-state index in [2.05, 4.69) is 5.73 Å². The third-order valence-corrected chi connectivity index (χ3v) is 0.739. The topological polar surface area (TPSA) is 60.2 Å². The quantitative estimate of drug-likeness (QED) is 0.482. The molecule has 3 nitrogen and oxygen atoms in total. The van der Waals surface area contributed by atoms with Crippen molar-refractivity contribution in [2.45, 2.75) is 0 Å². The molecule has 6 heavy (non-hydrogen) atoms. The van der Waals surface area contributed by atoms with E-state index in [4.69, 9.17) is 0 Å².